The molecule has 4 nitrogen and oxygen atoms in total. The molecule has 0 unspecified atom stereocenters. The first kappa shape index (κ1) is 15.6. The molecule has 0 radical (unpaired) electrons. The predicted octanol–water partition coefficient (Wildman–Crippen LogP) is 3.21. The van der Waals surface area contributed by atoms with Gasteiger partial charge in [-0.1, -0.05) is 43.2 Å². The molecule has 126 valence electrons. The first-order valence-corrected chi connectivity index (χ1v) is 9.33. The van der Waals surface area contributed by atoms with Crippen LogP contribution in [0.1, 0.15) is 36.9 Å². The van der Waals surface area contributed by atoms with Crippen LogP contribution < -0.4 is 10.2 Å². The highest BCUT2D eigenvalue weighted by molar-refractivity contribution is 5.65. The second-order valence-electron chi connectivity index (χ2n) is 6.81. The summed E-state index contributed by atoms with van der Waals surface area (Å²) in [5.74, 6) is 0.926. The number of nitrogens with zero attached hydrogens (tertiary/aromatic N) is 3. The Bertz CT molecular complexity index is 678. The molecule has 24 heavy (non-hydrogen) atoms. The quantitative estimate of drug-likeness (QED) is 0.922. The van der Waals surface area contributed by atoms with Crippen LogP contribution in [0, 0.1) is 0 Å². The van der Waals surface area contributed by atoms with Crippen LogP contribution in [0.4, 0.5) is 5.95 Å². The zero-order valence-electron chi connectivity index (χ0n) is 14.3. The molecule has 1 aromatic heterocycles. The van der Waals surface area contributed by atoms with E-state index in [1.807, 2.05) is 0 Å². The van der Waals surface area contributed by atoms with Gasteiger partial charge in [0, 0.05) is 43.0 Å². The molecule has 0 bridgehead atoms. The van der Waals surface area contributed by atoms with Gasteiger partial charge in [0.2, 0.25) is 5.95 Å². The first-order chi connectivity index (χ1) is 11.9. The lowest BCUT2D eigenvalue weighted by atomic mass is 9.93. The van der Waals surface area contributed by atoms with Gasteiger partial charge in [-0.05, 0) is 25.7 Å². The maximum Gasteiger partial charge on any atom is 0.226 e. The van der Waals surface area contributed by atoms with Crippen LogP contribution >= 0.6 is 0 Å². The fourth-order valence-corrected chi connectivity index (χ4v) is 3.78. The average Bonchev–Trinajstić information content (AvgIpc) is 2.63. The Hall–Kier alpha value is -1.94. The number of fused-ring (bicyclic) bond motifs is 1. The Balaban J connectivity index is 1.80. The van der Waals surface area contributed by atoms with E-state index in [0.717, 1.165) is 50.7 Å². The molecule has 1 fully saturated rings. The van der Waals surface area contributed by atoms with Gasteiger partial charge in [-0.25, -0.2) is 9.97 Å². The Labute approximate surface area is 144 Å². The number of anilines is 1. The monoisotopic (exact) mass is 322 g/mol. The Kier molecular flexibility index (Phi) is 4.74. The van der Waals surface area contributed by atoms with E-state index in [0.29, 0.717) is 0 Å². The van der Waals surface area contributed by atoms with Gasteiger partial charge in [-0.3, -0.25) is 0 Å². The summed E-state index contributed by atoms with van der Waals surface area (Å²) in [5, 5.41) is 3.41. The van der Waals surface area contributed by atoms with Crippen LogP contribution in [0.15, 0.2) is 30.3 Å². The minimum Gasteiger partial charge on any atom is -0.338 e. The van der Waals surface area contributed by atoms with E-state index >= 15 is 0 Å². The summed E-state index contributed by atoms with van der Waals surface area (Å²) in [7, 11) is 0. The number of aryl methyl sites for hydroxylation is 1. The molecule has 0 spiro atoms. The summed E-state index contributed by atoms with van der Waals surface area (Å²) in [6, 6.07) is 10.7. The number of nitrogens with one attached hydrogen (secondary N) is 1. The maximum absolute atomic E-state index is 5.04. The number of piperazine rings is 1. The maximum atomic E-state index is 5.04. The standard InChI is InChI=1S/C20H26N4/c1-2-7-11-18-17(10-6-1)19(16-8-4-3-5-9-16)23-20(22-18)24-14-12-21-13-15-24/h3-5,8-9,21H,1-2,6-7,10-15H2. The van der Waals surface area contributed by atoms with Crippen molar-refractivity contribution in [3.8, 4) is 11.3 Å². The van der Waals surface area contributed by atoms with Gasteiger partial charge in [0.15, 0.2) is 0 Å². The topological polar surface area (TPSA) is 41.1 Å². The molecule has 1 N–H and O–H groups in total. The van der Waals surface area contributed by atoms with E-state index in [2.05, 4.69) is 40.5 Å². The zero-order valence-corrected chi connectivity index (χ0v) is 14.3. The summed E-state index contributed by atoms with van der Waals surface area (Å²) < 4.78 is 0. The van der Waals surface area contributed by atoms with Crippen molar-refractivity contribution < 1.29 is 0 Å². The lowest BCUT2D eigenvalue weighted by Gasteiger charge is -2.29. The van der Waals surface area contributed by atoms with Gasteiger partial charge in [0.1, 0.15) is 0 Å². The number of hydrogen-bond acceptors (Lipinski definition) is 4. The lowest BCUT2D eigenvalue weighted by Crippen LogP contribution is -2.44. The molecular formula is C20H26N4. The van der Waals surface area contributed by atoms with Crippen molar-refractivity contribution in [3.05, 3.63) is 41.6 Å². The summed E-state index contributed by atoms with van der Waals surface area (Å²) in [6.07, 6.45) is 7.36. The SMILES string of the molecule is c1ccc(-c2nc(N3CCNCC3)nc3c2CCCCCC3)cc1. The van der Waals surface area contributed by atoms with Crippen LogP contribution in [-0.2, 0) is 12.8 Å². The van der Waals surface area contributed by atoms with Crippen molar-refractivity contribution in [2.24, 2.45) is 0 Å². The summed E-state index contributed by atoms with van der Waals surface area (Å²) in [5.41, 5.74) is 5.07. The molecule has 2 aromatic rings. The number of hydrogen-bond donors (Lipinski definition) is 1. The zero-order chi connectivity index (χ0) is 16.2. The predicted molar refractivity (Wildman–Crippen MR) is 98.4 cm³/mol. The van der Waals surface area contributed by atoms with Crippen molar-refractivity contribution in [1.29, 1.82) is 0 Å². The van der Waals surface area contributed by atoms with E-state index in [1.165, 1.54) is 42.5 Å². The molecule has 1 aliphatic carbocycles. The van der Waals surface area contributed by atoms with Crippen molar-refractivity contribution in [3.63, 3.8) is 0 Å². The van der Waals surface area contributed by atoms with E-state index in [-0.39, 0.29) is 0 Å². The fraction of sp³-hybridized carbons (Fsp3) is 0.500. The van der Waals surface area contributed by atoms with Crippen LogP contribution in [0.2, 0.25) is 0 Å². The van der Waals surface area contributed by atoms with Crippen molar-refractivity contribution in [2.45, 2.75) is 38.5 Å². The lowest BCUT2D eigenvalue weighted by molar-refractivity contribution is 0.573. The van der Waals surface area contributed by atoms with E-state index < -0.39 is 0 Å². The van der Waals surface area contributed by atoms with E-state index in [4.69, 9.17) is 9.97 Å². The van der Waals surface area contributed by atoms with Gasteiger partial charge >= 0.3 is 0 Å². The van der Waals surface area contributed by atoms with Crippen molar-refractivity contribution in [2.75, 3.05) is 31.1 Å². The van der Waals surface area contributed by atoms with Gasteiger partial charge in [-0.15, -0.1) is 0 Å². The minimum atomic E-state index is 0.926. The Morgan fingerprint density at radius 3 is 2.38 bits per heavy atom. The molecular weight excluding hydrogens is 296 g/mol. The molecule has 0 saturated carbocycles. The summed E-state index contributed by atoms with van der Waals surface area (Å²) >= 11 is 0. The highest BCUT2D eigenvalue weighted by Crippen LogP contribution is 2.30. The van der Waals surface area contributed by atoms with Crippen LogP contribution in [0.3, 0.4) is 0 Å². The molecule has 1 aliphatic heterocycles. The minimum absolute atomic E-state index is 0.926. The second-order valence-corrected chi connectivity index (χ2v) is 6.81. The van der Waals surface area contributed by atoms with Gasteiger partial charge in [0.05, 0.1) is 5.69 Å². The molecule has 2 heterocycles. The van der Waals surface area contributed by atoms with Crippen LogP contribution in [0.5, 0.6) is 0 Å². The van der Waals surface area contributed by atoms with E-state index in [9.17, 15) is 0 Å². The number of benzene rings is 1. The molecule has 4 heteroatoms. The second kappa shape index (κ2) is 7.31. The van der Waals surface area contributed by atoms with Gasteiger partial charge < -0.3 is 10.2 Å². The third kappa shape index (κ3) is 3.29. The molecule has 0 atom stereocenters. The molecule has 4 rings (SSSR count). The summed E-state index contributed by atoms with van der Waals surface area (Å²) in [4.78, 5) is 12.4. The molecule has 0 amide bonds. The third-order valence-electron chi connectivity index (χ3n) is 5.12. The smallest absolute Gasteiger partial charge is 0.226 e. The number of rotatable bonds is 2. The molecule has 1 saturated heterocycles. The van der Waals surface area contributed by atoms with Gasteiger partial charge in [0.25, 0.3) is 0 Å². The van der Waals surface area contributed by atoms with E-state index in [1.54, 1.807) is 0 Å². The van der Waals surface area contributed by atoms with Crippen LogP contribution in [0.25, 0.3) is 11.3 Å². The van der Waals surface area contributed by atoms with Crippen molar-refractivity contribution in [1.82, 2.24) is 15.3 Å². The largest absolute Gasteiger partial charge is 0.338 e. The summed E-state index contributed by atoms with van der Waals surface area (Å²) in [6.45, 7) is 4.02. The first-order valence-electron chi connectivity index (χ1n) is 9.33. The van der Waals surface area contributed by atoms with Crippen LogP contribution in [-0.4, -0.2) is 36.1 Å². The Morgan fingerprint density at radius 2 is 1.58 bits per heavy atom. The fourth-order valence-electron chi connectivity index (χ4n) is 3.78. The number of aromatic nitrogens is 2. The third-order valence-corrected chi connectivity index (χ3v) is 5.12. The highest BCUT2D eigenvalue weighted by Gasteiger charge is 2.20. The average molecular weight is 322 g/mol. The molecule has 2 aliphatic rings. The normalized spacial score (nSPS) is 18.6. The molecule has 1 aromatic carbocycles. The van der Waals surface area contributed by atoms with Crippen molar-refractivity contribution >= 4 is 5.95 Å². The highest BCUT2D eigenvalue weighted by atomic mass is 15.3. The van der Waals surface area contributed by atoms with Gasteiger partial charge in [-0.2, -0.15) is 0 Å². The Morgan fingerprint density at radius 1 is 0.833 bits per heavy atom.